The topological polar surface area (TPSA) is 84.7 Å². The third kappa shape index (κ3) is 1.25. The number of aryl methyl sites for hydroxylation is 1. The first-order chi connectivity index (χ1) is 4.18. The Bertz CT molecular complexity index is 242. The van der Waals surface area contributed by atoms with Crippen molar-refractivity contribution < 1.29 is 0 Å². The molecule has 0 amide bonds. The zero-order chi connectivity index (χ0) is 6.85. The number of nitrogens with zero attached hydrogens (tertiary/aromatic N) is 2. The first-order valence-corrected chi connectivity index (χ1v) is 2.39. The zero-order valence-corrected chi connectivity index (χ0v) is 4.88. The summed E-state index contributed by atoms with van der Waals surface area (Å²) in [6.45, 7) is 1.64. The second-order valence-electron chi connectivity index (χ2n) is 1.60. The molecule has 5 nitrogen and oxygen atoms in total. The standard InChI is InChI=1S/C4H6N4O/c1-2-6-3(5)8-4(9)7-2/h1H3,(H3,5,6,7,8,9). The van der Waals surface area contributed by atoms with Crippen LogP contribution in [-0.4, -0.2) is 15.0 Å². The number of anilines is 1. The van der Waals surface area contributed by atoms with E-state index in [4.69, 9.17) is 5.73 Å². The van der Waals surface area contributed by atoms with Crippen molar-refractivity contribution in [2.45, 2.75) is 6.92 Å². The van der Waals surface area contributed by atoms with Crippen LogP contribution in [0.25, 0.3) is 0 Å². The van der Waals surface area contributed by atoms with Gasteiger partial charge in [-0.3, -0.25) is 4.98 Å². The van der Waals surface area contributed by atoms with Crippen molar-refractivity contribution in [2.75, 3.05) is 5.73 Å². The van der Waals surface area contributed by atoms with Crippen molar-refractivity contribution in [2.24, 2.45) is 0 Å². The van der Waals surface area contributed by atoms with E-state index in [9.17, 15) is 4.79 Å². The highest BCUT2D eigenvalue weighted by molar-refractivity contribution is 5.11. The predicted octanol–water partition coefficient (Wildman–Crippen LogP) is -0.944. The van der Waals surface area contributed by atoms with Crippen molar-refractivity contribution in [3.63, 3.8) is 0 Å². The molecule has 0 radical (unpaired) electrons. The normalized spacial score (nSPS) is 9.44. The number of aromatic nitrogens is 3. The van der Waals surface area contributed by atoms with E-state index < -0.39 is 5.69 Å². The highest BCUT2D eigenvalue weighted by Crippen LogP contribution is 1.82. The predicted molar refractivity (Wildman–Crippen MR) is 31.8 cm³/mol. The summed E-state index contributed by atoms with van der Waals surface area (Å²) in [7, 11) is 0. The third-order valence-corrected chi connectivity index (χ3v) is 0.786. The van der Waals surface area contributed by atoms with Crippen LogP contribution in [-0.2, 0) is 0 Å². The molecule has 0 aliphatic rings. The van der Waals surface area contributed by atoms with Crippen LogP contribution in [0.4, 0.5) is 5.95 Å². The molecule has 48 valence electrons. The highest BCUT2D eigenvalue weighted by Gasteiger charge is 1.90. The van der Waals surface area contributed by atoms with Crippen LogP contribution >= 0.6 is 0 Å². The summed E-state index contributed by atoms with van der Waals surface area (Å²) in [6.07, 6.45) is 0. The Kier molecular flexibility index (Phi) is 1.18. The quantitative estimate of drug-likeness (QED) is 0.469. The van der Waals surface area contributed by atoms with Crippen LogP contribution < -0.4 is 11.4 Å². The van der Waals surface area contributed by atoms with Gasteiger partial charge in [0.25, 0.3) is 0 Å². The summed E-state index contributed by atoms with van der Waals surface area (Å²) in [4.78, 5) is 19.7. The molecule has 3 N–H and O–H groups in total. The minimum atomic E-state index is -0.458. The molecule has 1 rings (SSSR count). The van der Waals surface area contributed by atoms with E-state index in [1.807, 2.05) is 0 Å². The fraction of sp³-hybridized carbons (Fsp3) is 0.250. The van der Waals surface area contributed by atoms with E-state index in [1.54, 1.807) is 6.92 Å². The average molecular weight is 126 g/mol. The Morgan fingerprint density at radius 2 is 2.22 bits per heavy atom. The maximum Gasteiger partial charge on any atom is 0.349 e. The number of aromatic amines is 1. The second kappa shape index (κ2) is 1.85. The van der Waals surface area contributed by atoms with Gasteiger partial charge in [0.05, 0.1) is 0 Å². The molecule has 9 heavy (non-hydrogen) atoms. The van der Waals surface area contributed by atoms with E-state index in [0.29, 0.717) is 5.82 Å². The summed E-state index contributed by atoms with van der Waals surface area (Å²) in [5.74, 6) is 0.490. The number of hydrogen-bond acceptors (Lipinski definition) is 4. The first kappa shape index (κ1) is 5.74. The first-order valence-electron chi connectivity index (χ1n) is 2.39. The van der Waals surface area contributed by atoms with Crippen LogP contribution in [0.5, 0.6) is 0 Å². The molecule has 0 aliphatic carbocycles. The Labute approximate surface area is 51.0 Å². The molecule has 0 fully saturated rings. The fourth-order valence-electron chi connectivity index (χ4n) is 0.512. The van der Waals surface area contributed by atoms with E-state index in [-0.39, 0.29) is 5.95 Å². The van der Waals surface area contributed by atoms with Crippen molar-refractivity contribution in [1.29, 1.82) is 0 Å². The van der Waals surface area contributed by atoms with Crippen molar-refractivity contribution in [3.8, 4) is 0 Å². The molecule has 0 unspecified atom stereocenters. The van der Waals surface area contributed by atoms with Crippen LogP contribution in [0.15, 0.2) is 4.79 Å². The lowest BCUT2D eigenvalue weighted by Gasteiger charge is -1.89. The van der Waals surface area contributed by atoms with E-state index in [1.165, 1.54) is 0 Å². The van der Waals surface area contributed by atoms with Crippen molar-refractivity contribution in [3.05, 3.63) is 16.3 Å². The molecule has 0 atom stereocenters. The lowest BCUT2D eigenvalue weighted by molar-refractivity contribution is 0.940. The zero-order valence-electron chi connectivity index (χ0n) is 4.88. The molecule has 1 heterocycles. The van der Waals surface area contributed by atoms with Gasteiger partial charge < -0.3 is 5.73 Å². The smallest absolute Gasteiger partial charge is 0.349 e. The average Bonchev–Trinajstić information content (AvgIpc) is 1.59. The third-order valence-electron chi connectivity index (χ3n) is 0.786. The van der Waals surface area contributed by atoms with Crippen LogP contribution in [0.3, 0.4) is 0 Å². The monoisotopic (exact) mass is 126 g/mol. The number of nitrogen functional groups attached to an aromatic ring is 1. The molecular formula is C4H6N4O. The van der Waals surface area contributed by atoms with Gasteiger partial charge in [0, 0.05) is 0 Å². The largest absolute Gasteiger partial charge is 0.368 e. The maximum atomic E-state index is 10.4. The van der Waals surface area contributed by atoms with E-state index in [2.05, 4.69) is 15.0 Å². The van der Waals surface area contributed by atoms with Gasteiger partial charge in [0.2, 0.25) is 5.95 Å². The Morgan fingerprint density at radius 1 is 1.56 bits per heavy atom. The van der Waals surface area contributed by atoms with Gasteiger partial charge in [0.1, 0.15) is 5.82 Å². The summed E-state index contributed by atoms with van der Waals surface area (Å²) in [5, 5.41) is 0. The molecule has 0 bridgehead atoms. The van der Waals surface area contributed by atoms with Gasteiger partial charge in [-0.25, -0.2) is 9.78 Å². The lowest BCUT2D eigenvalue weighted by Crippen LogP contribution is -2.15. The van der Waals surface area contributed by atoms with Gasteiger partial charge in [-0.15, -0.1) is 0 Å². The SMILES string of the molecule is Cc1nc(N)nc(=O)[nH]1. The summed E-state index contributed by atoms with van der Waals surface area (Å²) < 4.78 is 0. The van der Waals surface area contributed by atoms with E-state index in [0.717, 1.165) is 0 Å². The minimum Gasteiger partial charge on any atom is -0.368 e. The van der Waals surface area contributed by atoms with Crippen LogP contribution in [0.1, 0.15) is 5.82 Å². The Hall–Kier alpha value is -1.39. The molecule has 1 aromatic heterocycles. The molecule has 0 saturated carbocycles. The van der Waals surface area contributed by atoms with Crippen LogP contribution in [0, 0.1) is 6.92 Å². The van der Waals surface area contributed by atoms with Gasteiger partial charge in [-0.1, -0.05) is 0 Å². The molecular weight excluding hydrogens is 120 g/mol. The van der Waals surface area contributed by atoms with Gasteiger partial charge in [-0.05, 0) is 6.92 Å². The Morgan fingerprint density at radius 3 is 2.67 bits per heavy atom. The molecule has 0 aliphatic heterocycles. The highest BCUT2D eigenvalue weighted by atomic mass is 16.1. The van der Waals surface area contributed by atoms with Gasteiger partial charge in [-0.2, -0.15) is 4.98 Å². The maximum absolute atomic E-state index is 10.4. The van der Waals surface area contributed by atoms with Gasteiger partial charge in [0.15, 0.2) is 0 Å². The Balaban J connectivity index is 3.33. The van der Waals surface area contributed by atoms with Crippen molar-refractivity contribution >= 4 is 5.95 Å². The second-order valence-corrected chi connectivity index (χ2v) is 1.60. The number of H-pyrrole nitrogens is 1. The summed E-state index contributed by atoms with van der Waals surface area (Å²) >= 11 is 0. The molecule has 0 aromatic carbocycles. The van der Waals surface area contributed by atoms with Gasteiger partial charge >= 0.3 is 5.69 Å². The molecule has 5 heteroatoms. The molecule has 1 aromatic rings. The minimum absolute atomic E-state index is 0.0104. The number of nitrogens with two attached hydrogens (primary N) is 1. The number of hydrogen-bond donors (Lipinski definition) is 2. The fourth-order valence-corrected chi connectivity index (χ4v) is 0.512. The number of nitrogens with one attached hydrogen (secondary N) is 1. The summed E-state index contributed by atoms with van der Waals surface area (Å²) in [6, 6.07) is 0. The number of rotatable bonds is 0. The summed E-state index contributed by atoms with van der Waals surface area (Å²) in [5.41, 5.74) is 4.66. The lowest BCUT2D eigenvalue weighted by atomic mass is 10.7. The molecule has 0 spiro atoms. The van der Waals surface area contributed by atoms with E-state index >= 15 is 0 Å². The van der Waals surface area contributed by atoms with Crippen LogP contribution in [0.2, 0.25) is 0 Å². The molecule has 0 saturated heterocycles. The van der Waals surface area contributed by atoms with Crippen molar-refractivity contribution in [1.82, 2.24) is 15.0 Å².